The lowest BCUT2D eigenvalue weighted by Gasteiger charge is -2.44. The third-order valence-electron chi connectivity index (χ3n) is 7.46. The maximum atomic E-state index is 14.4. The molecule has 0 aliphatic carbocycles. The highest BCUT2D eigenvalue weighted by Gasteiger charge is 2.42. The van der Waals surface area contributed by atoms with Crippen LogP contribution in [0.4, 0.5) is 13.6 Å². The van der Waals surface area contributed by atoms with Crippen LogP contribution in [0.1, 0.15) is 57.2 Å². The first kappa shape index (κ1) is 34.2. The molecule has 14 heteroatoms. The van der Waals surface area contributed by atoms with Crippen LogP contribution in [0.2, 0.25) is 0 Å². The number of rotatable bonds is 10. The second-order valence-corrected chi connectivity index (χ2v) is 12.8. The van der Waals surface area contributed by atoms with Gasteiger partial charge in [-0.3, -0.25) is 9.59 Å². The number of carbonyl (C=O) groups excluding carboxylic acids is 3. The number of aromatic nitrogens is 3. The molecule has 0 saturated carbocycles. The molecule has 3 amide bonds. The van der Waals surface area contributed by atoms with E-state index < -0.39 is 42.6 Å². The van der Waals surface area contributed by atoms with E-state index in [1.807, 2.05) is 19.9 Å². The molecule has 12 nitrogen and oxygen atoms in total. The summed E-state index contributed by atoms with van der Waals surface area (Å²) < 4.78 is 43.7. The molecule has 1 unspecified atom stereocenters. The minimum Gasteiger partial charge on any atom is -0.444 e. The van der Waals surface area contributed by atoms with Gasteiger partial charge in [-0.2, -0.15) is 0 Å². The maximum Gasteiger partial charge on any atom is 0.410 e. The molecule has 2 atom stereocenters. The Balaban J connectivity index is 1.69. The number of ether oxygens (including phenoxy) is 3. The minimum atomic E-state index is -2.69. The van der Waals surface area contributed by atoms with Crippen molar-refractivity contribution in [3.63, 3.8) is 0 Å². The molecule has 0 spiro atoms. The van der Waals surface area contributed by atoms with Gasteiger partial charge < -0.3 is 28.9 Å². The second-order valence-electron chi connectivity index (χ2n) is 12.8. The first-order chi connectivity index (χ1) is 21.3. The standard InChI is InChI=1S/C31H44F2N6O6/c1-21(2)16-38(29(41)27-25(19-44-20-26(32)33)39(35-34-27)23-9-7-6-8-10-23)24-15-22(28(40)36-11-13-43-14-12-36)17-37(18-24)30(42)45-31(3,4)5/h6-10,21-22,24,26H,11-20H2,1-5H3/t22-,24?/m1/s1. The fraction of sp³-hybridized carbons (Fsp3) is 0.645. The van der Waals surface area contributed by atoms with Crippen LogP contribution in [0, 0.1) is 11.8 Å². The zero-order valence-corrected chi connectivity index (χ0v) is 26.7. The van der Waals surface area contributed by atoms with Gasteiger partial charge in [-0.1, -0.05) is 37.3 Å². The van der Waals surface area contributed by atoms with Crippen LogP contribution < -0.4 is 0 Å². The minimum absolute atomic E-state index is 0.0157. The van der Waals surface area contributed by atoms with Crippen molar-refractivity contribution >= 4 is 17.9 Å². The number of hydrogen-bond donors (Lipinski definition) is 0. The van der Waals surface area contributed by atoms with E-state index in [0.717, 1.165) is 0 Å². The van der Waals surface area contributed by atoms with Crippen LogP contribution in [0.25, 0.3) is 5.69 Å². The number of para-hydroxylation sites is 1. The number of carbonyl (C=O) groups is 3. The van der Waals surface area contributed by atoms with E-state index in [1.54, 1.807) is 54.8 Å². The molecule has 1 aromatic heterocycles. The van der Waals surface area contributed by atoms with Crippen molar-refractivity contribution in [2.75, 3.05) is 52.5 Å². The summed E-state index contributed by atoms with van der Waals surface area (Å²) in [6.07, 6.45) is -2.94. The number of alkyl halides is 2. The number of nitrogens with zero attached hydrogens (tertiary/aromatic N) is 6. The molecule has 2 saturated heterocycles. The molecule has 45 heavy (non-hydrogen) atoms. The number of halogens is 2. The van der Waals surface area contributed by atoms with Gasteiger partial charge in [0.15, 0.2) is 5.69 Å². The first-order valence-electron chi connectivity index (χ1n) is 15.3. The average molecular weight is 635 g/mol. The highest BCUT2D eigenvalue weighted by Crippen LogP contribution is 2.28. The first-order valence-corrected chi connectivity index (χ1v) is 15.3. The molecule has 0 N–H and O–H groups in total. The van der Waals surface area contributed by atoms with E-state index >= 15 is 0 Å². The molecule has 248 valence electrons. The second kappa shape index (κ2) is 15.1. The summed E-state index contributed by atoms with van der Waals surface area (Å²) in [5, 5.41) is 8.40. The molecule has 1 aromatic carbocycles. The third kappa shape index (κ3) is 9.19. The lowest BCUT2D eigenvalue weighted by Crippen LogP contribution is -2.58. The van der Waals surface area contributed by atoms with Crippen LogP contribution >= 0.6 is 0 Å². The SMILES string of the molecule is CC(C)CN(C(=O)c1nnn(-c2ccccc2)c1COCC(F)F)C1C[C@@H](C(=O)N2CCOCC2)CN(C(=O)OC(C)(C)C)C1. The zero-order chi connectivity index (χ0) is 32.7. The normalized spacial score (nSPS) is 19.2. The van der Waals surface area contributed by atoms with Crippen molar-refractivity contribution in [1.82, 2.24) is 29.7 Å². The highest BCUT2D eigenvalue weighted by atomic mass is 19.3. The predicted octanol–water partition coefficient (Wildman–Crippen LogP) is 3.63. The number of hydrogen-bond acceptors (Lipinski definition) is 8. The van der Waals surface area contributed by atoms with Crippen LogP contribution in [0.5, 0.6) is 0 Å². The summed E-state index contributed by atoms with van der Waals surface area (Å²) in [7, 11) is 0. The Bertz CT molecular complexity index is 1300. The molecular weight excluding hydrogens is 590 g/mol. The van der Waals surface area contributed by atoms with E-state index in [0.29, 0.717) is 45.0 Å². The highest BCUT2D eigenvalue weighted by molar-refractivity contribution is 5.94. The van der Waals surface area contributed by atoms with Crippen molar-refractivity contribution in [3.05, 3.63) is 41.7 Å². The summed E-state index contributed by atoms with van der Waals surface area (Å²) >= 11 is 0. The van der Waals surface area contributed by atoms with E-state index in [-0.39, 0.29) is 42.9 Å². The van der Waals surface area contributed by atoms with Gasteiger partial charge in [0.25, 0.3) is 12.3 Å². The monoisotopic (exact) mass is 634 g/mol. The summed E-state index contributed by atoms with van der Waals surface area (Å²) in [6, 6.07) is 8.34. The Labute approximate surface area is 262 Å². The van der Waals surface area contributed by atoms with E-state index in [1.165, 1.54) is 9.58 Å². The van der Waals surface area contributed by atoms with Gasteiger partial charge in [-0.15, -0.1) is 5.10 Å². The molecule has 2 fully saturated rings. The summed E-state index contributed by atoms with van der Waals surface area (Å²) in [4.78, 5) is 46.3. The lowest BCUT2D eigenvalue weighted by molar-refractivity contribution is -0.142. The molecule has 2 aromatic rings. The Morgan fingerprint density at radius 3 is 2.38 bits per heavy atom. The van der Waals surface area contributed by atoms with E-state index in [2.05, 4.69) is 10.3 Å². The Morgan fingerprint density at radius 1 is 1.07 bits per heavy atom. The van der Waals surface area contributed by atoms with Crippen LogP contribution in [0.15, 0.2) is 30.3 Å². The molecule has 0 bridgehead atoms. The molecular formula is C31H44F2N6O6. The molecule has 4 rings (SSSR count). The predicted molar refractivity (Wildman–Crippen MR) is 160 cm³/mol. The van der Waals surface area contributed by atoms with Gasteiger partial charge in [-0.25, -0.2) is 18.3 Å². The van der Waals surface area contributed by atoms with Crippen LogP contribution in [-0.4, -0.2) is 118 Å². The van der Waals surface area contributed by atoms with Gasteiger partial charge in [0.2, 0.25) is 5.91 Å². The number of likely N-dealkylation sites (tertiary alicyclic amines) is 1. The summed E-state index contributed by atoms with van der Waals surface area (Å²) in [5.74, 6) is -1.16. The zero-order valence-electron chi connectivity index (χ0n) is 26.7. The largest absolute Gasteiger partial charge is 0.444 e. The Morgan fingerprint density at radius 2 is 1.76 bits per heavy atom. The molecule has 2 aliphatic heterocycles. The topological polar surface area (TPSA) is 119 Å². The molecule has 2 aliphatic rings. The van der Waals surface area contributed by atoms with Gasteiger partial charge in [0.05, 0.1) is 37.5 Å². The average Bonchev–Trinajstić information content (AvgIpc) is 3.42. The fourth-order valence-electron chi connectivity index (χ4n) is 5.54. The Kier molecular flexibility index (Phi) is 11.5. The van der Waals surface area contributed by atoms with Gasteiger partial charge >= 0.3 is 6.09 Å². The molecule has 3 heterocycles. The molecule has 0 radical (unpaired) electrons. The lowest BCUT2D eigenvalue weighted by atomic mass is 9.91. The van der Waals surface area contributed by atoms with Gasteiger partial charge in [0, 0.05) is 32.7 Å². The van der Waals surface area contributed by atoms with Crippen molar-refractivity contribution in [3.8, 4) is 5.69 Å². The quantitative estimate of drug-likeness (QED) is 0.389. The Hall–Kier alpha value is -3.65. The maximum absolute atomic E-state index is 14.4. The summed E-state index contributed by atoms with van der Waals surface area (Å²) in [5.41, 5.74) is 0.00479. The third-order valence-corrected chi connectivity index (χ3v) is 7.46. The number of morpholine rings is 1. The van der Waals surface area contributed by atoms with Crippen LogP contribution in [-0.2, 0) is 25.6 Å². The van der Waals surface area contributed by atoms with E-state index in [4.69, 9.17) is 14.2 Å². The smallest absolute Gasteiger partial charge is 0.410 e. The van der Waals surface area contributed by atoms with Crippen LogP contribution in [0.3, 0.4) is 0 Å². The van der Waals surface area contributed by atoms with Gasteiger partial charge in [0.1, 0.15) is 17.9 Å². The van der Waals surface area contributed by atoms with Crippen molar-refractivity contribution in [2.24, 2.45) is 11.8 Å². The van der Waals surface area contributed by atoms with Crippen molar-refractivity contribution < 1.29 is 37.4 Å². The van der Waals surface area contributed by atoms with Crippen molar-refractivity contribution in [2.45, 2.75) is 65.7 Å². The van der Waals surface area contributed by atoms with E-state index in [9.17, 15) is 23.2 Å². The van der Waals surface area contributed by atoms with Gasteiger partial charge in [-0.05, 0) is 45.2 Å². The van der Waals surface area contributed by atoms with Crippen molar-refractivity contribution in [1.29, 1.82) is 0 Å². The summed E-state index contributed by atoms with van der Waals surface area (Å²) in [6.45, 7) is 10.4. The fourth-order valence-corrected chi connectivity index (χ4v) is 5.54. The number of benzene rings is 1. The number of amides is 3. The number of piperidine rings is 1.